The van der Waals surface area contributed by atoms with Crippen molar-refractivity contribution in [3.63, 3.8) is 0 Å². The Labute approximate surface area is 149 Å². The van der Waals surface area contributed by atoms with Crippen molar-refractivity contribution in [2.24, 2.45) is 0 Å². The minimum atomic E-state index is -0.0650. The highest BCUT2D eigenvalue weighted by Gasteiger charge is 2.10. The Morgan fingerprint density at radius 3 is 2.67 bits per heavy atom. The number of thiophene rings is 1. The SMILES string of the molecule is CC(=O)Nc1ccc(-c2nc(NCCc3cccs3)sc2C)cc1. The number of carbonyl (C=O) groups is 1. The highest BCUT2D eigenvalue weighted by atomic mass is 32.1. The first kappa shape index (κ1) is 16.7. The average molecular weight is 358 g/mol. The van der Waals surface area contributed by atoms with Gasteiger partial charge in [-0.2, -0.15) is 0 Å². The normalized spacial score (nSPS) is 10.6. The molecule has 3 aromatic rings. The van der Waals surface area contributed by atoms with Gasteiger partial charge in [0.15, 0.2) is 5.13 Å². The zero-order valence-electron chi connectivity index (χ0n) is 13.6. The van der Waals surface area contributed by atoms with Crippen LogP contribution in [-0.2, 0) is 11.2 Å². The van der Waals surface area contributed by atoms with Gasteiger partial charge in [-0.05, 0) is 36.9 Å². The van der Waals surface area contributed by atoms with Crippen LogP contribution in [-0.4, -0.2) is 17.4 Å². The fraction of sp³-hybridized carbons (Fsp3) is 0.222. The van der Waals surface area contributed by atoms with Crippen molar-refractivity contribution in [2.75, 3.05) is 17.2 Å². The Balaban J connectivity index is 1.65. The molecule has 0 spiro atoms. The summed E-state index contributed by atoms with van der Waals surface area (Å²) in [4.78, 5) is 18.4. The zero-order valence-corrected chi connectivity index (χ0v) is 15.3. The number of rotatable bonds is 6. The van der Waals surface area contributed by atoms with E-state index in [4.69, 9.17) is 4.98 Å². The first-order chi connectivity index (χ1) is 11.6. The number of hydrogen-bond acceptors (Lipinski definition) is 5. The Morgan fingerprint density at radius 1 is 1.21 bits per heavy atom. The number of nitrogens with zero attached hydrogens (tertiary/aromatic N) is 1. The molecule has 1 amide bonds. The third-order valence-electron chi connectivity index (χ3n) is 3.50. The van der Waals surface area contributed by atoms with E-state index in [1.807, 2.05) is 24.3 Å². The van der Waals surface area contributed by atoms with Crippen molar-refractivity contribution < 1.29 is 4.79 Å². The summed E-state index contributed by atoms with van der Waals surface area (Å²) in [5.74, 6) is -0.0650. The fourth-order valence-corrected chi connectivity index (χ4v) is 3.97. The molecule has 0 aliphatic heterocycles. The molecular formula is C18H19N3OS2. The number of benzene rings is 1. The van der Waals surface area contributed by atoms with Crippen LogP contribution in [0.3, 0.4) is 0 Å². The molecule has 24 heavy (non-hydrogen) atoms. The van der Waals surface area contributed by atoms with Gasteiger partial charge >= 0.3 is 0 Å². The number of hydrogen-bond donors (Lipinski definition) is 2. The summed E-state index contributed by atoms with van der Waals surface area (Å²) >= 11 is 3.45. The van der Waals surface area contributed by atoms with E-state index in [9.17, 15) is 4.79 Å². The summed E-state index contributed by atoms with van der Waals surface area (Å²) in [6, 6.07) is 12.0. The van der Waals surface area contributed by atoms with E-state index in [-0.39, 0.29) is 5.91 Å². The molecule has 0 bridgehead atoms. The van der Waals surface area contributed by atoms with Gasteiger partial charge < -0.3 is 10.6 Å². The molecule has 2 aromatic heterocycles. The molecular weight excluding hydrogens is 338 g/mol. The minimum absolute atomic E-state index is 0.0650. The van der Waals surface area contributed by atoms with Crippen molar-refractivity contribution in [3.05, 3.63) is 51.5 Å². The van der Waals surface area contributed by atoms with Gasteiger partial charge in [0, 0.05) is 34.5 Å². The first-order valence-corrected chi connectivity index (χ1v) is 9.43. The predicted molar refractivity (Wildman–Crippen MR) is 103 cm³/mol. The molecule has 4 nitrogen and oxygen atoms in total. The van der Waals surface area contributed by atoms with Crippen molar-refractivity contribution in [3.8, 4) is 11.3 Å². The van der Waals surface area contributed by atoms with Gasteiger partial charge in [0.1, 0.15) is 0 Å². The van der Waals surface area contributed by atoms with Gasteiger partial charge in [0.05, 0.1) is 5.69 Å². The Hall–Kier alpha value is -2.18. The summed E-state index contributed by atoms with van der Waals surface area (Å²) in [6.45, 7) is 4.47. The van der Waals surface area contributed by atoms with Crippen LogP contribution in [0.1, 0.15) is 16.7 Å². The molecule has 0 unspecified atom stereocenters. The minimum Gasteiger partial charge on any atom is -0.361 e. The summed E-state index contributed by atoms with van der Waals surface area (Å²) in [5, 5.41) is 9.24. The van der Waals surface area contributed by atoms with E-state index in [2.05, 4.69) is 35.1 Å². The first-order valence-electron chi connectivity index (χ1n) is 7.73. The van der Waals surface area contributed by atoms with Crippen LogP contribution in [0.2, 0.25) is 0 Å². The second-order valence-corrected chi connectivity index (χ2v) is 7.67. The number of thiazole rings is 1. The third kappa shape index (κ3) is 4.21. The molecule has 3 rings (SSSR count). The highest BCUT2D eigenvalue weighted by molar-refractivity contribution is 7.16. The highest BCUT2D eigenvalue weighted by Crippen LogP contribution is 2.31. The van der Waals surface area contributed by atoms with Crippen LogP contribution in [0.5, 0.6) is 0 Å². The summed E-state index contributed by atoms with van der Waals surface area (Å²) in [6.07, 6.45) is 1.01. The number of aromatic nitrogens is 1. The Morgan fingerprint density at radius 2 is 2.00 bits per heavy atom. The number of amides is 1. The van der Waals surface area contributed by atoms with Crippen LogP contribution in [0, 0.1) is 6.92 Å². The smallest absolute Gasteiger partial charge is 0.221 e. The van der Waals surface area contributed by atoms with Crippen LogP contribution in [0.25, 0.3) is 11.3 Å². The lowest BCUT2D eigenvalue weighted by molar-refractivity contribution is -0.114. The molecule has 0 aliphatic rings. The molecule has 0 aliphatic carbocycles. The molecule has 0 atom stereocenters. The molecule has 1 aromatic carbocycles. The third-order valence-corrected chi connectivity index (χ3v) is 5.37. The second-order valence-electron chi connectivity index (χ2n) is 5.44. The summed E-state index contributed by atoms with van der Waals surface area (Å²) in [5.41, 5.74) is 2.85. The maximum Gasteiger partial charge on any atom is 0.221 e. The number of nitrogens with one attached hydrogen (secondary N) is 2. The van der Waals surface area contributed by atoms with Crippen molar-refractivity contribution in [1.29, 1.82) is 0 Å². The van der Waals surface area contributed by atoms with Gasteiger partial charge in [-0.15, -0.1) is 22.7 Å². The van der Waals surface area contributed by atoms with Gasteiger partial charge in [-0.3, -0.25) is 4.79 Å². The van der Waals surface area contributed by atoms with E-state index in [0.29, 0.717) is 0 Å². The van der Waals surface area contributed by atoms with Crippen LogP contribution in [0.4, 0.5) is 10.8 Å². The number of aryl methyl sites for hydroxylation is 1. The summed E-state index contributed by atoms with van der Waals surface area (Å²) in [7, 11) is 0. The summed E-state index contributed by atoms with van der Waals surface area (Å²) < 4.78 is 0. The van der Waals surface area contributed by atoms with E-state index >= 15 is 0 Å². The van der Waals surface area contributed by atoms with Crippen molar-refractivity contribution in [1.82, 2.24) is 4.98 Å². The molecule has 0 fully saturated rings. The van der Waals surface area contributed by atoms with Crippen LogP contribution >= 0.6 is 22.7 Å². The van der Waals surface area contributed by atoms with Crippen molar-refractivity contribution in [2.45, 2.75) is 20.3 Å². The van der Waals surface area contributed by atoms with Gasteiger partial charge in [0.25, 0.3) is 0 Å². The number of carbonyl (C=O) groups excluding carboxylic acids is 1. The monoisotopic (exact) mass is 357 g/mol. The maximum atomic E-state index is 11.1. The fourth-order valence-electron chi connectivity index (χ4n) is 2.40. The molecule has 0 saturated carbocycles. The standard InChI is InChI=1S/C18H19N3OS2/c1-12-17(14-5-7-15(8-6-14)20-13(2)22)21-18(24-12)19-10-9-16-4-3-11-23-16/h3-8,11H,9-10H2,1-2H3,(H,19,21)(H,20,22). The Kier molecular flexibility index (Phi) is 5.27. The average Bonchev–Trinajstić information content (AvgIpc) is 3.18. The molecule has 2 N–H and O–H groups in total. The van der Waals surface area contributed by atoms with E-state index in [1.54, 1.807) is 22.7 Å². The molecule has 124 valence electrons. The molecule has 0 saturated heterocycles. The lowest BCUT2D eigenvalue weighted by atomic mass is 10.1. The largest absolute Gasteiger partial charge is 0.361 e. The maximum absolute atomic E-state index is 11.1. The van der Waals surface area contributed by atoms with Gasteiger partial charge in [-0.1, -0.05) is 18.2 Å². The zero-order chi connectivity index (χ0) is 16.9. The second kappa shape index (κ2) is 7.59. The van der Waals surface area contributed by atoms with Gasteiger partial charge in [0.2, 0.25) is 5.91 Å². The van der Waals surface area contributed by atoms with Gasteiger partial charge in [-0.25, -0.2) is 4.98 Å². The lowest BCUT2D eigenvalue weighted by Gasteiger charge is -2.03. The lowest BCUT2D eigenvalue weighted by Crippen LogP contribution is -2.05. The topological polar surface area (TPSA) is 54.0 Å². The van der Waals surface area contributed by atoms with Crippen molar-refractivity contribution >= 4 is 39.4 Å². The van der Waals surface area contributed by atoms with Crippen LogP contribution in [0.15, 0.2) is 41.8 Å². The molecule has 0 radical (unpaired) electrons. The quantitative estimate of drug-likeness (QED) is 0.667. The van der Waals surface area contributed by atoms with E-state index < -0.39 is 0 Å². The molecule has 2 heterocycles. The van der Waals surface area contributed by atoms with E-state index in [1.165, 1.54) is 16.7 Å². The number of anilines is 2. The van der Waals surface area contributed by atoms with Crippen LogP contribution < -0.4 is 10.6 Å². The predicted octanol–water partition coefficient (Wildman–Crippen LogP) is 4.79. The Bertz CT molecular complexity index is 807. The van der Waals surface area contributed by atoms with E-state index in [0.717, 1.165) is 35.0 Å². The molecule has 6 heteroatoms.